The van der Waals surface area contributed by atoms with Crippen LogP contribution in [0.15, 0.2) is 18.2 Å². The van der Waals surface area contributed by atoms with Gasteiger partial charge in [-0.15, -0.1) is 0 Å². The molecular formula is C14H22ClNO. The van der Waals surface area contributed by atoms with E-state index < -0.39 is 0 Å². The first-order chi connectivity index (χ1) is 8.02. The van der Waals surface area contributed by atoms with Crippen molar-refractivity contribution in [2.45, 2.75) is 46.3 Å². The Hall–Kier alpha value is -0.730. The fourth-order valence-electron chi connectivity index (χ4n) is 1.90. The van der Waals surface area contributed by atoms with Crippen LogP contribution in [0.4, 0.5) is 0 Å². The Kier molecular flexibility index (Phi) is 5.79. The van der Waals surface area contributed by atoms with Crippen molar-refractivity contribution in [3.8, 4) is 5.75 Å². The van der Waals surface area contributed by atoms with E-state index in [1.54, 1.807) is 0 Å². The summed E-state index contributed by atoms with van der Waals surface area (Å²) < 4.78 is 5.87. The Balaban J connectivity index is 2.50. The lowest BCUT2D eigenvalue weighted by molar-refractivity contribution is 0.196. The maximum Gasteiger partial charge on any atom is 0.120 e. The summed E-state index contributed by atoms with van der Waals surface area (Å²) in [4.78, 5) is 0. The lowest BCUT2D eigenvalue weighted by Gasteiger charge is -2.19. The van der Waals surface area contributed by atoms with Crippen molar-refractivity contribution in [2.24, 2.45) is 0 Å². The van der Waals surface area contributed by atoms with Gasteiger partial charge in [-0.2, -0.15) is 0 Å². The maximum absolute atomic E-state index is 5.98. The number of ether oxygens (including phenoxy) is 1. The van der Waals surface area contributed by atoms with Gasteiger partial charge in [-0.3, -0.25) is 0 Å². The van der Waals surface area contributed by atoms with Gasteiger partial charge in [0, 0.05) is 11.1 Å². The average Bonchev–Trinajstić information content (AvgIpc) is 2.23. The fourth-order valence-corrected chi connectivity index (χ4v) is 2.02. The minimum absolute atomic E-state index is 0.199. The van der Waals surface area contributed by atoms with Gasteiger partial charge < -0.3 is 10.1 Å². The van der Waals surface area contributed by atoms with E-state index in [-0.39, 0.29) is 6.10 Å². The summed E-state index contributed by atoms with van der Waals surface area (Å²) in [5.41, 5.74) is 1.05. The van der Waals surface area contributed by atoms with E-state index in [1.165, 1.54) is 0 Å². The maximum atomic E-state index is 5.98. The van der Waals surface area contributed by atoms with Crippen LogP contribution in [0.25, 0.3) is 0 Å². The Morgan fingerprint density at radius 1 is 1.35 bits per heavy atom. The van der Waals surface area contributed by atoms with Gasteiger partial charge in [0.05, 0.1) is 6.10 Å². The minimum atomic E-state index is 0.199. The van der Waals surface area contributed by atoms with Gasteiger partial charge in [0.15, 0.2) is 0 Å². The topological polar surface area (TPSA) is 21.3 Å². The molecule has 0 radical (unpaired) electrons. The smallest absolute Gasteiger partial charge is 0.120 e. The van der Waals surface area contributed by atoms with Crippen molar-refractivity contribution in [1.82, 2.24) is 5.32 Å². The summed E-state index contributed by atoms with van der Waals surface area (Å²) in [5.74, 6) is 0.892. The fraction of sp³-hybridized carbons (Fsp3) is 0.571. The lowest BCUT2D eigenvalue weighted by Crippen LogP contribution is -2.30. The van der Waals surface area contributed by atoms with Gasteiger partial charge in [0.1, 0.15) is 5.75 Å². The van der Waals surface area contributed by atoms with Gasteiger partial charge in [-0.25, -0.2) is 0 Å². The normalized spacial score (nSPS) is 14.4. The summed E-state index contributed by atoms with van der Waals surface area (Å²) in [6.45, 7) is 9.37. The molecule has 3 heteroatoms. The number of hydrogen-bond acceptors (Lipinski definition) is 2. The SMILES string of the molecule is CCNC(C)CC(C)Oc1ccc(Cl)c(C)c1. The molecule has 1 aromatic rings. The third-order valence-corrected chi connectivity index (χ3v) is 3.13. The molecule has 1 aromatic carbocycles. The molecule has 0 aliphatic carbocycles. The predicted octanol–water partition coefficient (Wildman–Crippen LogP) is 3.80. The van der Waals surface area contributed by atoms with Crippen LogP contribution in [0.3, 0.4) is 0 Å². The first-order valence-corrected chi connectivity index (χ1v) is 6.57. The Morgan fingerprint density at radius 2 is 2.06 bits per heavy atom. The summed E-state index contributed by atoms with van der Waals surface area (Å²) in [7, 11) is 0. The van der Waals surface area contributed by atoms with Crippen molar-refractivity contribution in [3.05, 3.63) is 28.8 Å². The number of rotatable bonds is 6. The van der Waals surface area contributed by atoms with E-state index in [0.717, 1.165) is 29.3 Å². The van der Waals surface area contributed by atoms with Crippen LogP contribution in [0.2, 0.25) is 5.02 Å². The van der Waals surface area contributed by atoms with Gasteiger partial charge in [-0.05, 0) is 57.5 Å². The summed E-state index contributed by atoms with van der Waals surface area (Å²) >= 11 is 5.98. The molecule has 2 atom stereocenters. The second-order valence-corrected chi connectivity index (χ2v) is 4.94. The molecule has 96 valence electrons. The number of halogens is 1. The Morgan fingerprint density at radius 3 is 2.65 bits per heavy atom. The van der Waals surface area contributed by atoms with Crippen LogP contribution in [-0.2, 0) is 0 Å². The van der Waals surface area contributed by atoms with Gasteiger partial charge in [-0.1, -0.05) is 18.5 Å². The van der Waals surface area contributed by atoms with E-state index in [2.05, 4.69) is 26.1 Å². The second kappa shape index (κ2) is 6.87. The standard InChI is InChI=1S/C14H22ClNO/c1-5-16-11(3)9-12(4)17-13-6-7-14(15)10(2)8-13/h6-8,11-12,16H,5,9H2,1-4H3. The zero-order valence-electron chi connectivity index (χ0n) is 11.1. The summed E-state index contributed by atoms with van der Waals surface area (Å²) in [5, 5.41) is 4.16. The highest BCUT2D eigenvalue weighted by molar-refractivity contribution is 6.31. The van der Waals surface area contributed by atoms with Gasteiger partial charge in [0.2, 0.25) is 0 Å². The van der Waals surface area contributed by atoms with E-state index in [4.69, 9.17) is 16.3 Å². The van der Waals surface area contributed by atoms with Crippen LogP contribution in [0, 0.1) is 6.92 Å². The van der Waals surface area contributed by atoms with E-state index in [0.29, 0.717) is 6.04 Å². The van der Waals surface area contributed by atoms with Crippen LogP contribution in [-0.4, -0.2) is 18.7 Å². The van der Waals surface area contributed by atoms with E-state index in [9.17, 15) is 0 Å². The molecule has 2 unspecified atom stereocenters. The first kappa shape index (κ1) is 14.3. The Bertz CT molecular complexity index is 354. The predicted molar refractivity (Wildman–Crippen MR) is 74.0 cm³/mol. The number of hydrogen-bond donors (Lipinski definition) is 1. The molecule has 0 bridgehead atoms. The summed E-state index contributed by atoms with van der Waals surface area (Å²) in [6.07, 6.45) is 1.19. The number of aryl methyl sites for hydroxylation is 1. The minimum Gasteiger partial charge on any atom is -0.491 e. The molecule has 2 nitrogen and oxygen atoms in total. The molecular weight excluding hydrogens is 234 g/mol. The second-order valence-electron chi connectivity index (χ2n) is 4.53. The van der Waals surface area contributed by atoms with Crippen molar-refractivity contribution in [2.75, 3.05) is 6.54 Å². The molecule has 0 spiro atoms. The van der Waals surface area contributed by atoms with Gasteiger partial charge >= 0.3 is 0 Å². The van der Waals surface area contributed by atoms with Crippen molar-refractivity contribution >= 4 is 11.6 Å². The third-order valence-electron chi connectivity index (χ3n) is 2.70. The van der Waals surface area contributed by atoms with Crippen molar-refractivity contribution in [1.29, 1.82) is 0 Å². The zero-order valence-corrected chi connectivity index (χ0v) is 11.8. The monoisotopic (exact) mass is 255 g/mol. The van der Waals surface area contributed by atoms with Crippen LogP contribution in [0.5, 0.6) is 5.75 Å². The van der Waals surface area contributed by atoms with Crippen LogP contribution in [0.1, 0.15) is 32.8 Å². The lowest BCUT2D eigenvalue weighted by atomic mass is 10.1. The molecule has 0 fully saturated rings. The molecule has 0 aliphatic rings. The highest BCUT2D eigenvalue weighted by atomic mass is 35.5. The highest BCUT2D eigenvalue weighted by Gasteiger charge is 2.09. The Labute approximate surface area is 109 Å². The molecule has 0 heterocycles. The number of nitrogens with one attached hydrogen (secondary N) is 1. The molecule has 17 heavy (non-hydrogen) atoms. The quantitative estimate of drug-likeness (QED) is 0.835. The van der Waals surface area contributed by atoms with Crippen LogP contribution < -0.4 is 10.1 Å². The van der Waals surface area contributed by atoms with E-state index in [1.807, 2.05) is 25.1 Å². The highest BCUT2D eigenvalue weighted by Crippen LogP contribution is 2.22. The first-order valence-electron chi connectivity index (χ1n) is 6.19. The van der Waals surface area contributed by atoms with Crippen molar-refractivity contribution < 1.29 is 4.74 Å². The van der Waals surface area contributed by atoms with Crippen LogP contribution >= 0.6 is 11.6 Å². The molecule has 0 saturated heterocycles. The summed E-state index contributed by atoms with van der Waals surface area (Å²) in [6, 6.07) is 6.26. The molecule has 0 aromatic heterocycles. The van der Waals surface area contributed by atoms with E-state index >= 15 is 0 Å². The van der Waals surface area contributed by atoms with Gasteiger partial charge in [0.25, 0.3) is 0 Å². The molecule has 0 amide bonds. The molecule has 0 aliphatic heterocycles. The third kappa shape index (κ3) is 4.97. The molecule has 0 saturated carbocycles. The largest absolute Gasteiger partial charge is 0.491 e. The molecule has 1 N–H and O–H groups in total. The number of benzene rings is 1. The van der Waals surface area contributed by atoms with Crippen molar-refractivity contribution in [3.63, 3.8) is 0 Å². The zero-order chi connectivity index (χ0) is 12.8. The molecule has 1 rings (SSSR count). The average molecular weight is 256 g/mol.